The highest BCUT2D eigenvalue weighted by Crippen LogP contribution is 2.17. The van der Waals surface area contributed by atoms with Gasteiger partial charge in [0.2, 0.25) is 0 Å². The van der Waals surface area contributed by atoms with Crippen LogP contribution in [0.4, 0.5) is 11.4 Å². The van der Waals surface area contributed by atoms with Gasteiger partial charge >= 0.3 is 0 Å². The van der Waals surface area contributed by atoms with Crippen LogP contribution in [0.2, 0.25) is 0 Å². The summed E-state index contributed by atoms with van der Waals surface area (Å²) in [6.07, 6.45) is 0. The van der Waals surface area contributed by atoms with Gasteiger partial charge < -0.3 is 0 Å². The summed E-state index contributed by atoms with van der Waals surface area (Å²) in [5.41, 5.74) is 3.40. The molecule has 0 fully saturated rings. The van der Waals surface area contributed by atoms with Crippen LogP contribution in [0.1, 0.15) is 20.7 Å². The number of hydrogen-bond acceptors (Lipinski definition) is 6. The lowest BCUT2D eigenvalue weighted by atomic mass is 10.1. The summed E-state index contributed by atoms with van der Waals surface area (Å²) in [7, 11) is 0. The minimum Gasteiger partial charge on any atom is -0.267 e. The Morgan fingerprint density at radius 3 is 1.96 bits per heavy atom. The van der Waals surface area contributed by atoms with E-state index in [2.05, 4.69) is 10.9 Å². The van der Waals surface area contributed by atoms with Crippen LogP contribution in [-0.4, -0.2) is 21.7 Å². The number of nitrogens with zero attached hydrogens (tertiary/aromatic N) is 2. The largest absolute Gasteiger partial charge is 0.282 e. The zero-order chi connectivity index (χ0) is 17.7. The molecule has 0 aromatic heterocycles. The number of hydrogen-bond donors (Lipinski definition) is 2. The van der Waals surface area contributed by atoms with Crippen LogP contribution in [0.3, 0.4) is 0 Å². The number of non-ortho nitro benzene ring substituents is 1. The van der Waals surface area contributed by atoms with E-state index in [1.165, 1.54) is 30.3 Å². The Labute approximate surface area is 134 Å². The molecule has 0 heterocycles. The summed E-state index contributed by atoms with van der Waals surface area (Å²) in [4.78, 5) is 43.8. The van der Waals surface area contributed by atoms with Crippen molar-refractivity contribution in [1.82, 2.24) is 10.9 Å². The maximum Gasteiger partial charge on any atom is 0.282 e. The van der Waals surface area contributed by atoms with Gasteiger partial charge in [-0.2, -0.15) is 0 Å². The molecule has 0 bridgehead atoms. The molecule has 10 heteroatoms. The first-order valence-corrected chi connectivity index (χ1v) is 6.48. The van der Waals surface area contributed by atoms with Crippen LogP contribution in [0, 0.1) is 20.2 Å². The van der Waals surface area contributed by atoms with Crippen molar-refractivity contribution < 1.29 is 19.4 Å². The SMILES string of the molecule is O=C(NNC(=O)c1ccccc1[N+](=O)[O-])c1ccc([N+](=O)[O-])cc1. The van der Waals surface area contributed by atoms with Crippen molar-refractivity contribution in [2.24, 2.45) is 0 Å². The molecule has 2 amide bonds. The third-order valence-corrected chi connectivity index (χ3v) is 2.98. The van der Waals surface area contributed by atoms with Crippen LogP contribution in [0.5, 0.6) is 0 Å². The van der Waals surface area contributed by atoms with Gasteiger partial charge in [-0.1, -0.05) is 12.1 Å². The highest BCUT2D eigenvalue weighted by Gasteiger charge is 2.19. The van der Waals surface area contributed by atoms with Crippen molar-refractivity contribution in [3.63, 3.8) is 0 Å². The minimum absolute atomic E-state index is 0.0726. The van der Waals surface area contributed by atoms with Gasteiger partial charge in [0.25, 0.3) is 23.2 Å². The van der Waals surface area contributed by atoms with Crippen molar-refractivity contribution in [2.45, 2.75) is 0 Å². The van der Waals surface area contributed by atoms with Gasteiger partial charge in [0.1, 0.15) is 5.56 Å². The molecule has 0 radical (unpaired) electrons. The Kier molecular flexibility index (Phi) is 4.80. The average molecular weight is 330 g/mol. The molecule has 0 aliphatic carbocycles. The van der Waals surface area contributed by atoms with E-state index in [4.69, 9.17) is 0 Å². The molecule has 2 aromatic carbocycles. The zero-order valence-electron chi connectivity index (χ0n) is 12.0. The van der Waals surface area contributed by atoms with E-state index in [0.717, 1.165) is 18.2 Å². The fraction of sp³-hybridized carbons (Fsp3) is 0. The molecule has 2 aromatic rings. The molecule has 2 rings (SSSR count). The summed E-state index contributed by atoms with van der Waals surface area (Å²) in [5.74, 6) is -1.59. The van der Waals surface area contributed by atoms with Crippen molar-refractivity contribution in [1.29, 1.82) is 0 Å². The molecule has 0 spiro atoms. The highest BCUT2D eigenvalue weighted by molar-refractivity contribution is 6.01. The summed E-state index contributed by atoms with van der Waals surface area (Å²) in [5, 5.41) is 21.4. The first-order chi connectivity index (χ1) is 11.4. The number of nitro benzene ring substituents is 2. The third kappa shape index (κ3) is 3.68. The second-order valence-corrected chi connectivity index (χ2v) is 4.49. The summed E-state index contributed by atoms with van der Waals surface area (Å²) >= 11 is 0. The van der Waals surface area contributed by atoms with Crippen LogP contribution < -0.4 is 10.9 Å². The van der Waals surface area contributed by atoms with Crippen LogP contribution in [0.15, 0.2) is 48.5 Å². The summed E-state index contributed by atoms with van der Waals surface area (Å²) in [6, 6.07) is 9.95. The lowest BCUT2D eigenvalue weighted by Gasteiger charge is -2.07. The van der Waals surface area contributed by atoms with E-state index in [-0.39, 0.29) is 16.8 Å². The number of carbonyl (C=O) groups is 2. The Hall–Kier alpha value is -3.82. The molecule has 0 aliphatic rings. The number of amides is 2. The first kappa shape index (κ1) is 16.5. The van der Waals surface area contributed by atoms with Gasteiger partial charge in [-0.3, -0.25) is 40.7 Å². The fourth-order valence-electron chi connectivity index (χ4n) is 1.81. The lowest BCUT2D eigenvalue weighted by molar-refractivity contribution is -0.385. The number of benzene rings is 2. The number of rotatable bonds is 4. The maximum atomic E-state index is 11.9. The second-order valence-electron chi connectivity index (χ2n) is 4.49. The van der Waals surface area contributed by atoms with Gasteiger partial charge in [0, 0.05) is 23.8 Å². The normalized spacial score (nSPS) is 9.83. The Balaban J connectivity index is 2.05. The number of nitrogens with one attached hydrogen (secondary N) is 2. The fourth-order valence-corrected chi connectivity index (χ4v) is 1.81. The summed E-state index contributed by atoms with van der Waals surface area (Å²) < 4.78 is 0. The first-order valence-electron chi connectivity index (χ1n) is 6.48. The molecule has 0 unspecified atom stereocenters. The maximum absolute atomic E-state index is 11.9. The molecule has 24 heavy (non-hydrogen) atoms. The van der Waals surface area contributed by atoms with Crippen molar-refractivity contribution in [2.75, 3.05) is 0 Å². The van der Waals surface area contributed by atoms with Gasteiger partial charge in [0.05, 0.1) is 9.85 Å². The van der Waals surface area contributed by atoms with E-state index in [1.807, 2.05) is 0 Å². The molecule has 2 N–H and O–H groups in total. The Morgan fingerprint density at radius 2 is 1.38 bits per heavy atom. The lowest BCUT2D eigenvalue weighted by Crippen LogP contribution is -2.41. The third-order valence-electron chi connectivity index (χ3n) is 2.98. The van der Waals surface area contributed by atoms with Crippen LogP contribution in [-0.2, 0) is 0 Å². The molecular weight excluding hydrogens is 320 g/mol. The van der Waals surface area contributed by atoms with Gasteiger partial charge in [-0.05, 0) is 18.2 Å². The highest BCUT2D eigenvalue weighted by atomic mass is 16.6. The smallest absolute Gasteiger partial charge is 0.267 e. The number of hydrazine groups is 1. The van der Waals surface area contributed by atoms with E-state index in [9.17, 15) is 29.8 Å². The Morgan fingerprint density at radius 1 is 0.792 bits per heavy atom. The molecule has 0 aliphatic heterocycles. The number of carbonyl (C=O) groups excluding carboxylic acids is 2. The van der Waals surface area contributed by atoms with Crippen molar-refractivity contribution in [3.05, 3.63) is 79.9 Å². The number of nitro groups is 2. The summed E-state index contributed by atoms with van der Waals surface area (Å²) in [6.45, 7) is 0. The minimum atomic E-state index is -0.863. The molecular formula is C14H10N4O6. The van der Waals surface area contributed by atoms with Crippen molar-refractivity contribution in [3.8, 4) is 0 Å². The zero-order valence-corrected chi connectivity index (χ0v) is 12.0. The van der Waals surface area contributed by atoms with Gasteiger partial charge in [0.15, 0.2) is 0 Å². The van der Waals surface area contributed by atoms with E-state index < -0.39 is 27.3 Å². The molecule has 10 nitrogen and oxygen atoms in total. The molecule has 122 valence electrons. The average Bonchev–Trinajstić information content (AvgIpc) is 2.59. The van der Waals surface area contributed by atoms with Crippen LogP contribution in [0.25, 0.3) is 0 Å². The Bertz CT molecular complexity index is 818. The van der Waals surface area contributed by atoms with Gasteiger partial charge in [-0.25, -0.2) is 0 Å². The monoisotopic (exact) mass is 330 g/mol. The number of para-hydroxylation sites is 1. The van der Waals surface area contributed by atoms with E-state index >= 15 is 0 Å². The van der Waals surface area contributed by atoms with Crippen LogP contribution >= 0.6 is 0 Å². The predicted molar refractivity (Wildman–Crippen MR) is 81.1 cm³/mol. The quantitative estimate of drug-likeness (QED) is 0.643. The molecule has 0 saturated heterocycles. The van der Waals surface area contributed by atoms with Crippen molar-refractivity contribution >= 4 is 23.2 Å². The second kappa shape index (κ2) is 6.96. The standard InChI is InChI=1S/C14H10N4O6/c19-13(9-5-7-10(8-6-9)17(21)22)15-16-14(20)11-3-1-2-4-12(11)18(23)24/h1-8H,(H,15,19)(H,16,20). The van der Waals surface area contributed by atoms with E-state index in [0.29, 0.717) is 0 Å². The van der Waals surface area contributed by atoms with Gasteiger partial charge in [-0.15, -0.1) is 0 Å². The topological polar surface area (TPSA) is 144 Å². The molecule has 0 saturated carbocycles. The predicted octanol–water partition coefficient (Wildman–Crippen LogP) is 1.58. The molecule has 0 atom stereocenters. The van der Waals surface area contributed by atoms with E-state index in [1.54, 1.807) is 0 Å².